The first-order chi connectivity index (χ1) is 11.5. The first-order valence-corrected chi connectivity index (χ1v) is 8.86. The van der Waals surface area contributed by atoms with Crippen molar-refractivity contribution >= 4 is 11.9 Å². The number of nitrogens with zero attached hydrogens (tertiary/aromatic N) is 1. The summed E-state index contributed by atoms with van der Waals surface area (Å²) in [6.07, 6.45) is 5.45. The van der Waals surface area contributed by atoms with Crippen molar-refractivity contribution in [2.24, 2.45) is 11.5 Å². The third-order valence-corrected chi connectivity index (χ3v) is 3.91. The average Bonchev–Trinajstić information content (AvgIpc) is 2.54. The highest BCUT2D eigenvalue weighted by molar-refractivity contribution is 5.74. The molecule has 0 spiro atoms. The molecule has 0 unspecified atom stereocenters. The molecule has 0 aromatic heterocycles. The smallest absolute Gasteiger partial charge is 0.322 e. The lowest BCUT2D eigenvalue weighted by molar-refractivity contribution is -0.149. The molecule has 0 aliphatic carbocycles. The van der Waals surface area contributed by atoms with Gasteiger partial charge in [-0.25, -0.2) is 10.4 Å². The van der Waals surface area contributed by atoms with E-state index in [2.05, 4.69) is 5.43 Å². The van der Waals surface area contributed by atoms with Gasteiger partial charge in [0.15, 0.2) is 0 Å². The zero-order valence-corrected chi connectivity index (χ0v) is 14.7. The molecular formula is C16H34N4O4. The van der Waals surface area contributed by atoms with Crippen molar-refractivity contribution in [2.75, 3.05) is 19.6 Å². The van der Waals surface area contributed by atoms with E-state index in [1.54, 1.807) is 5.01 Å². The number of nitrogens with one attached hydrogen (secondary N) is 1. The number of hydrogen-bond donors (Lipinski definition) is 5. The molecule has 0 aliphatic heterocycles. The number of carbonyl (C=O) groups is 2. The maximum atomic E-state index is 11.6. The Hall–Kier alpha value is -1.22. The number of hydrogen-bond acceptors (Lipinski definition) is 6. The minimum absolute atomic E-state index is 0.421. The fourth-order valence-corrected chi connectivity index (χ4v) is 2.47. The van der Waals surface area contributed by atoms with Crippen LogP contribution in [0.1, 0.15) is 58.3 Å². The molecule has 0 radical (unpaired) electrons. The van der Waals surface area contributed by atoms with Gasteiger partial charge in [0.1, 0.15) is 12.1 Å². The molecule has 7 N–H and O–H groups in total. The van der Waals surface area contributed by atoms with Gasteiger partial charge in [0.25, 0.3) is 0 Å². The Morgan fingerprint density at radius 3 is 2.00 bits per heavy atom. The summed E-state index contributed by atoms with van der Waals surface area (Å²) in [5.74, 6) is -1.92. The van der Waals surface area contributed by atoms with Crippen molar-refractivity contribution in [3.8, 4) is 0 Å². The van der Waals surface area contributed by atoms with Crippen molar-refractivity contribution in [2.45, 2.75) is 70.4 Å². The number of nitrogens with two attached hydrogens (primary N) is 2. The second-order valence-electron chi connectivity index (χ2n) is 5.99. The first kappa shape index (κ1) is 22.8. The van der Waals surface area contributed by atoms with Gasteiger partial charge in [-0.2, -0.15) is 0 Å². The quantitative estimate of drug-likeness (QED) is 0.204. The fraction of sp³-hybridized carbons (Fsp3) is 0.875. The summed E-state index contributed by atoms with van der Waals surface area (Å²) >= 11 is 0. The highest BCUT2D eigenvalue weighted by atomic mass is 16.4. The number of unbranched alkanes of at least 4 members (excludes halogenated alkanes) is 3. The molecule has 142 valence electrons. The van der Waals surface area contributed by atoms with E-state index < -0.39 is 24.0 Å². The van der Waals surface area contributed by atoms with Crippen molar-refractivity contribution < 1.29 is 19.8 Å². The van der Waals surface area contributed by atoms with Gasteiger partial charge < -0.3 is 21.7 Å². The number of aliphatic carboxylic acids is 2. The van der Waals surface area contributed by atoms with E-state index in [4.69, 9.17) is 11.5 Å². The molecule has 0 saturated heterocycles. The zero-order chi connectivity index (χ0) is 18.4. The van der Waals surface area contributed by atoms with Crippen LogP contribution in [0.5, 0.6) is 0 Å². The molecule has 0 amide bonds. The number of carboxylic acid groups (broad SMARTS) is 2. The van der Waals surface area contributed by atoms with Crippen LogP contribution in [-0.2, 0) is 9.59 Å². The van der Waals surface area contributed by atoms with Gasteiger partial charge in [0.05, 0.1) is 0 Å². The number of hydrazine groups is 1. The molecule has 0 bridgehead atoms. The lowest BCUT2D eigenvalue weighted by Gasteiger charge is -2.32. The van der Waals surface area contributed by atoms with Gasteiger partial charge in [-0.05, 0) is 58.0 Å². The maximum Gasteiger partial charge on any atom is 0.322 e. The van der Waals surface area contributed by atoms with E-state index in [0.717, 1.165) is 25.7 Å². The summed E-state index contributed by atoms with van der Waals surface area (Å²) < 4.78 is 0. The monoisotopic (exact) mass is 346 g/mol. The second-order valence-corrected chi connectivity index (χ2v) is 5.99. The number of carboxylic acids is 2. The lowest BCUT2D eigenvalue weighted by atomic mass is 10.1. The van der Waals surface area contributed by atoms with Crippen LogP contribution < -0.4 is 16.9 Å². The molecular weight excluding hydrogens is 312 g/mol. The van der Waals surface area contributed by atoms with Crippen molar-refractivity contribution in [3.05, 3.63) is 0 Å². The summed E-state index contributed by atoms with van der Waals surface area (Å²) in [5.41, 5.74) is 13.9. The van der Waals surface area contributed by atoms with E-state index in [1.807, 2.05) is 6.92 Å². The molecule has 8 nitrogen and oxygen atoms in total. The van der Waals surface area contributed by atoms with Crippen LogP contribution in [-0.4, -0.2) is 58.9 Å². The fourth-order valence-electron chi connectivity index (χ4n) is 2.47. The molecule has 0 aliphatic rings. The van der Waals surface area contributed by atoms with Crippen LogP contribution in [0.4, 0.5) is 0 Å². The highest BCUT2D eigenvalue weighted by Crippen LogP contribution is 2.11. The third-order valence-electron chi connectivity index (χ3n) is 3.91. The van der Waals surface area contributed by atoms with E-state index in [1.165, 1.54) is 0 Å². The normalized spacial score (nSPS) is 13.8. The molecule has 0 heterocycles. The van der Waals surface area contributed by atoms with E-state index in [0.29, 0.717) is 45.3 Å². The Bertz CT molecular complexity index is 355. The summed E-state index contributed by atoms with van der Waals surface area (Å²) in [6.45, 7) is 3.54. The topological polar surface area (TPSA) is 142 Å². The van der Waals surface area contributed by atoms with Crippen LogP contribution in [0, 0.1) is 0 Å². The van der Waals surface area contributed by atoms with Gasteiger partial charge in [-0.1, -0.05) is 13.3 Å². The number of rotatable bonds is 16. The zero-order valence-electron chi connectivity index (χ0n) is 14.7. The molecule has 0 aromatic rings. The first-order valence-electron chi connectivity index (χ1n) is 8.86. The lowest BCUT2D eigenvalue weighted by Crippen LogP contribution is -2.55. The van der Waals surface area contributed by atoms with Gasteiger partial charge >= 0.3 is 11.9 Å². The van der Waals surface area contributed by atoms with Crippen LogP contribution in [0.3, 0.4) is 0 Å². The maximum absolute atomic E-state index is 11.6. The second kappa shape index (κ2) is 14.2. The minimum atomic E-state index is -0.973. The minimum Gasteiger partial charge on any atom is -0.480 e. The van der Waals surface area contributed by atoms with E-state index in [-0.39, 0.29) is 0 Å². The van der Waals surface area contributed by atoms with Crippen molar-refractivity contribution in [3.63, 3.8) is 0 Å². The third kappa shape index (κ3) is 9.82. The van der Waals surface area contributed by atoms with Crippen molar-refractivity contribution in [1.82, 2.24) is 10.4 Å². The van der Waals surface area contributed by atoms with E-state index >= 15 is 0 Å². The predicted molar refractivity (Wildman–Crippen MR) is 93.4 cm³/mol. The van der Waals surface area contributed by atoms with Crippen LogP contribution in [0.25, 0.3) is 0 Å². The van der Waals surface area contributed by atoms with Crippen molar-refractivity contribution in [1.29, 1.82) is 0 Å². The largest absolute Gasteiger partial charge is 0.480 e. The Kier molecular flexibility index (Phi) is 13.4. The molecule has 0 saturated carbocycles. The molecule has 0 fully saturated rings. The molecule has 24 heavy (non-hydrogen) atoms. The predicted octanol–water partition coefficient (Wildman–Crippen LogP) is 0.758. The SMILES string of the molecule is CCCCN(N[C@@H](CCCCN)C(=O)O)[C@@H](CCCCN)C(=O)O. The van der Waals surface area contributed by atoms with Crippen LogP contribution in [0.2, 0.25) is 0 Å². The molecule has 8 heteroatoms. The summed E-state index contributed by atoms with van der Waals surface area (Å²) in [5, 5.41) is 20.5. The summed E-state index contributed by atoms with van der Waals surface area (Å²) in [6, 6.07) is -1.55. The Morgan fingerprint density at radius 2 is 1.54 bits per heavy atom. The average molecular weight is 346 g/mol. The molecule has 0 aromatic carbocycles. The molecule has 2 atom stereocenters. The van der Waals surface area contributed by atoms with Gasteiger partial charge in [0.2, 0.25) is 0 Å². The van der Waals surface area contributed by atoms with Gasteiger partial charge in [0, 0.05) is 6.54 Å². The van der Waals surface area contributed by atoms with Gasteiger partial charge in [-0.3, -0.25) is 9.59 Å². The Morgan fingerprint density at radius 1 is 0.958 bits per heavy atom. The molecule has 0 rings (SSSR count). The summed E-state index contributed by atoms with van der Waals surface area (Å²) in [7, 11) is 0. The standard InChI is InChI=1S/C16H34N4O4/c1-2-3-12-20(14(16(23)24)9-5-7-11-18)19-13(15(21)22)8-4-6-10-17/h13-14,19H,2-12,17-18H2,1H3,(H,21,22)(H,23,24)/t13-,14-/m0/s1. The Labute approximate surface area is 144 Å². The Balaban J connectivity index is 4.94. The van der Waals surface area contributed by atoms with E-state index in [9.17, 15) is 19.8 Å². The van der Waals surface area contributed by atoms with Crippen LogP contribution >= 0.6 is 0 Å². The van der Waals surface area contributed by atoms with Gasteiger partial charge in [-0.15, -0.1) is 0 Å². The highest BCUT2D eigenvalue weighted by Gasteiger charge is 2.28. The summed E-state index contributed by atoms with van der Waals surface area (Å²) in [4.78, 5) is 23.1. The van der Waals surface area contributed by atoms with Crippen LogP contribution in [0.15, 0.2) is 0 Å².